The van der Waals surface area contributed by atoms with E-state index < -0.39 is 6.61 Å². The third-order valence-corrected chi connectivity index (χ3v) is 6.23. The largest absolute Gasteiger partial charge is 0.435 e. The second-order valence-corrected chi connectivity index (χ2v) is 7.78. The van der Waals surface area contributed by atoms with Crippen molar-refractivity contribution in [1.82, 2.24) is 0 Å². The summed E-state index contributed by atoms with van der Waals surface area (Å²) in [5, 5.41) is 0. The van der Waals surface area contributed by atoms with Crippen LogP contribution in [-0.4, -0.2) is 6.61 Å². The number of halogens is 2. The molecule has 3 heteroatoms. The molecule has 1 atom stereocenters. The summed E-state index contributed by atoms with van der Waals surface area (Å²) >= 11 is 0. The van der Waals surface area contributed by atoms with Gasteiger partial charge in [0.15, 0.2) is 0 Å². The molecule has 0 aliphatic heterocycles. The van der Waals surface area contributed by atoms with Gasteiger partial charge in [0.25, 0.3) is 0 Å². The molecule has 142 valence electrons. The van der Waals surface area contributed by atoms with Gasteiger partial charge in [0, 0.05) is 0 Å². The lowest BCUT2D eigenvalue weighted by atomic mass is 9.70. The summed E-state index contributed by atoms with van der Waals surface area (Å²) in [4.78, 5) is 0. The van der Waals surface area contributed by atoms with Crippen LogP contribution in [0.1, 0.15) is 69.3 Å². The van der Waals surface area contributed by atoms with Crippen molar-refractivity contribution >= 4 is 0 Å². The smallest absolute Gasteiger partial charge is 0.387 e. The van der Waals surface area contributed by atoms with Crippen molar-refractivity contribution in [2.75, 3.05) is 0 Å². The molecular formula is C23H30F2O. The molecule has 0 amide bonds. The number of rotatable bonds is 7. The molecular weight excluding hydrogens is 330 g/mol. The van der Waals surface area contributed by atoms with Gasteiger partial charge in [0.1, 0.15) is 5.75 Å². The van der Waals surface area contributed by atoms with E-state index in [1.807, 2.05) is 18.2 Å². The van der Waals surface area contributed by atoms with Gasteiger partial charge in [-0.25, -0.2) is 0 Å². The Bertz CT molecular complexity index is 597. The minimum atomic E-state index is -2.75. The molecule has 0 N–H and O–H groups in total. The van der Waals surface area contributed by atoms with Gasteiger partial charge in [-0.1, -0.05) is 29.9 Å². The van der Waals surface area contributed by atoms with Crippen LogP contribution in [0, 0.1) is 11.8 Å². The monoisotopic (exact) mass is 360 g/mol. The van der Waals surface area contributed by atoms with Gasteiger partial charge < -0.3 is 4.74 Å². The predicted octanol–water partition coefficient (Wildman–Crippen LogP) is 7.25. The fraction of sp³-hybridized carbons (Fsp3) is 0.565. The zero-order valence-electron chi connectivity index (χ0n) is 15.5. The number of benzene rings is 1. The van der Waals surface area contributed by atoms with Crippen LogP contribution < -0.4 is 4.74 Å². The zero-order chi connectivity index (χ0) is 18.4. The van der Waals surface area contributed by atoms with Gasteiger partial charge in [-0.3, -0.25) is 0 Å². The average Bonchev–Trinajstić information content (AvgIpc) is 2.67. The van der Waals surface area contributed by atoms with Gasteiger partial charge in [-0.2, -0.15) is 8.78 Å². The summed E-state index contributed by atoms with van der Waals surface area (Å²) in [5.74, 6) is 2.52. The molecule has 1 nitrogen and oxygen atoms in total. The Labute approximate surface area is 156 Å². The number of allylic oxidation sites excluding steroid dienone is 3. The molecule has 0 saturated heterocycles. The van der Waals surface area contributed by atoms with Gasteiger partial charge in [0.2, 0.25) is 0 Å². The molecule has 1 saturated carbocycles. The third-order valence-electron chi connectivity index (χ3n) is 6.23. The summed E-state index contributed by atoms with van der Waals surface area (Å²) in [6.07, 6.45) is 15.7. The van der Waals surface area contributed by atoms with E-state index in [-0.39, 0.29) is 5.75 Å². The molecule has 0 bridgehead atoms. The number of ether oxygens (including phenoxy) is 1. The highest BCUT2D eigenvalue weighted by molar-refractivity contribution is 5.29. The minimum absolute atomic E-state index is 0.249. The Balaban J connectivity index is 1.47. The summed E-state index contributed by atoms with van der Waals surface area (Å²) < 4.78 is 28.9. The Morgan fingerprint density at radius 1 is 1.04 bits per heavy atom. The summed E-state index contributed by atoms with van der Waals surface area (Å²) in [6, 6.07) is 7.25. The molecule has 1 unspecified atom stereocenters. The Hall–Kier alpha value is -1.64. The predicted molar refractivity (Wildman–Crippen MR) is 103 cm³/mol. The van der Waals surface area contributed by atoms with Crippen LogP contribution in [0.4, 0.5) is 8.78 Å². The maximum absolute atomic E-state index is 12.3. The highest BCUT2D eigenvalue weighted by atomic mass is 19.3. The van der Waals surface area contributed by atoms with E-state index in [0.717, 1.165) is 18.3 Å². The van der Waals surface area contributed by atoms with E-state index in [1.165, 1.54) is 56.9 Å². The van der Waals surface area contributed by atoms with Gasteiger partial charge in [-0.15, -0.1) is 6.58 Å². The van der Waals surface area contributed by atoms with Crippen molar-refractivity contribution in [2.24, 2.45) is 11.8 Å². The molecule has 3 rings (SSSR count). The van der Waals surface area contributed by atoms with E-state index in [1.54, 1.807) is 17.7 Å². The van der Waals surface area contributed by atoms with Gasteiger partial charge in [-0.05, 0) is 93.2 Å². The molecule has 2 aliphatic carbocycles. The molecule has 0 spiro atoms. The maximum atomic E-state index is 12.3. The molecule has 0 aromatic heterocycles. The van der Waals surface area contributed by atoms with Crippen molar-refractivity contribution in [1.29, 1.82) is 0 Å². The van der Waals surface area contributed by atoms with E-state index in [2.05, 4.69) is 17.4 Å². The van der Waals surface area contributed by atoms with Gasteiger partial charge >= 0.3 is 6.61 Å². The molecule has 26 heavy (non-hydrogen) atoms. The summed E-state index contributed by atoms with van der Waals surface area (Å²) in [5.41, 5.74) is 2.89. The summed E-state index contributed by atoms with van der Waals surface area (Å²) in [7, 11) is 0. The van der Waals surface area contributed by atoms with Crippen LogP contribution >= 0.6 is 0 Å². The van der Waals surface area contributed by atoms with Crippen molar-refractivity contribution in [3.8, 4) is 5.75 Å². The van der Waals surface area contributed by atoms with Crippen LogP contribution in [0.15, 0.2) is 48.6 Å². The fourth-order valence-electron chi connectivity index (χ4n) is 4.70. The first-order valence-corrected chi connectivity index (χ1v) is 9.99. The molecule has 2 aliphatic rings. The standard InChI is InChI=1S/C23H30F2O/c1-2-3-4-17-5-7-18(8-6-17)19-9-11-20(12-10-19)21-13-15-22(16-14-21)26-23(24)25/h2,5,13-16,18-20,23H,1,3-4,6-12H2. The second kappa shape index (κ2) is 9.34. The lowest BCUT2D eigenvalue weighted by Gasteiger charge is -2.35. The lowest BCUT2D eigenvalue weighted by molar-refractivity contribution is -0.0498. The number of alkyl halides is 2. The normalized spacial score (nSPS) is 26.4. The van der Waals surface area contributed by atoms with Crippen molar-refractivity contribution < 1.29 is 13.5 Å². The Morgan fingerprint density at radius 2 is 1.77 bits per heavy atom. The molecule has 1 aromatic carbocycles. The van der Waals surface area contributed by atoms with E-state index in [9.17, 15) is 8.78 Å². The van der Waals surface area contributed by atoms with Crippen LogP contribution in [0.5, 0.6) is 5.75 Å². The SMILES string of the molecule is C=CCCC1=CCC(C2CCC(c3ccc(OC(F)F)cc3)CC2)CC1. The molecule has 1 aromatic rings. The highest BCUT2D eigenvalue weighted by Crippen LogP contribution is 2.43. The van der Waals surface area contributed by atoms with E-state index in [4.69, 9.17) is 0 Å². The van der Waals surface area contributed by atoms with E-state index >= 15 is 0 Å². The lowest BCUT2D eigenvalue weighted by Crippen LogP contribution is -2.22. The molecule has 0 radical (unpaired) electrons. The fourth-order valence-corrected chi connectivity index (χ4v) is 4.70. The average molecular weight is 360 g/mol. The topological polar surface area (TPSA) is 9.23 Å². The van der Waals surface area contributed by atoms with Crippen LogP contribution in [0.3, 0.4) is 0 Å². The first kappa shape index (κ1) is 19.1. The zero-order valence-corrected chi connectivity index (χ0v) is 15.5. The van der Waals surface area contributed by atoms with Gasteiger partial charge in [0.05, 0.1) is 0 Å². The van der Waals surface area contributed by atoms with Crippen LogP contribution in [0.25, 0.3) is 0 Å². The maximum Gasteiger partial charge on any atom is 0.387 e. The Morgan fingerprint density at radius 3 is 2.35 bits per heavy atom. The minimum Gasteiger partial charge on any atom is -0.435 e. The molecule has 0 heterocycles. The Kier molecular flexibility index (Phi) is 6.87. The van der Waals surface area contributed by atoms with Crippen LogP contribution in [-0.2, 0) is 0 Å². The van der Waals surface area contributed by atoms with Crippen LogP contribution in [0.2, 0.25) is 0 Å². The highest BCUT2D eigenvalue weighted by Gasteiger charge is 2.29. The second-order valence-electron chi connectivity index (χ2n) is 7.78. The quantitative estimate of drug-likeness (QED) is 0.465. The summed E-state index contributed by atoms with van der Waals surface area (Å²) in [6.45, 7) is 1.06. The number of hydrogen-bond donors (Lipinski definition) is 0. The van der Waals surface area contributed by atoms with Crippen molar-refractivity contribution in [3.05, 3.63) is 54.1 Å². The molecule has 1 fully saturated rings. The van der Waals surface area contributed by atoms with Crippen molar-refractivity contribution in [3.63, 3.8) is 0 Å². The first-order chi connectivity index (χ1) is 12.7. The third kappa shape index (κ3) is 5.18. The van der Waals surface area contributed by atoms with Crippen molar-refractivity contribution in [2.45, 2.75) is 70.3 Å². The first-order valence-electron chi connectivity index (χ1n) is 9.99. The number of hydrogen-bond acceptors (Lipinski definition) is 1. The van der Waals surface area contributed by atoms with E-state index in [0.29, 0.717) is 5.92 Å².